The molecule has 380 valence electrons. The van der Waals surface area contributed by atoms with Crippen molar-refractivity contribution < 1.29 is 53.8 Å². The fraction of sp³-hybridized carbons (Fsp3) is 0.907. The second-order valence-corrected chi connectivity index (χ2v) is 19.7. The number of aliphatic hydroxyl groups is 2. The van der Waals surface area contributed by atoms with E-state index >= 15 is 0 Å². The molecule has 0 aromatic rings. The maximum atomic E-state index is 14.8. The first-order chi connectivity index (χ1) is 31.7. The van der Waals surface area contributed by atoms with Crippen molar-refractivity contribution in [3.05, 3.63) is 12.2 Å². The second-order valence-electron chi connectivity index (χ2n) is 19.7. The van der Waals surface area contributed by atoms with E-state index in [1.54, 1.807) is 0 Å². The Morgan fingerprint density at radius 2 is 0.908 bits per heavy atom. The van der Waals surface area contributed by atoms with Crippen LogP contribution in [0.5, 0.6) is 0 Å². The van der Waals surface area contributed by atoms with Gasteiger partial charge in [0.25, 0.3) is 0 Å². The number of aliphatic hydroxyl groups excluding tert-OH is 2. The maximum Gasteiger partial charge on any atom is 0.312 e. The topological polar surface area (TPSA) is 169 Å². The van der Waals surface area contributed by atoms with E-state index in [4.69, 9.17) is 29.2 Å². The Labute approximate surface area is 395 Å². The Hall–Kier alpha value is -2.05. The molecule has 2 aliphatic rings. The molecule has 1 unspecified atom stereocenters. The van der Waals surface area contributed by atoms with Crippen molar-refractivity contribution in [3.8, 4) is 0 Å². The third-order valence-electron chi connectivity index (χ3n) is 14.0. The van der Waals surface area contributed by atoms with Gasteiger partial charge < -0.3 is 39.4 Å². The van der Waals surface area contributed by atoms with Crippen LogP contribution in [-0.4, -0.2) is 88.9 Å². The van der Waals surface area contributed by atoms with Crippen LogP contribution in [0.15, 0.2) is 12.2 Å². The molecule has 4 atom stereocenters. The molecule has 0 aliphatic carbocycles. The molecule has 11 heteroatoms. The molecule has 2 fully saturated rings. The minimum Gasteiger partial charge on any atom is -0.481 e. The summed E-state index contributed by atoms with van der Waals surface area (Å²) < 4.78 is 24.0. The Morgan fingerprint density at radius 3 is 1.28 bits per heavy atom. The van der Waals surface area contributed by atoms with Gasteiger partial charge in [0, 0.05) is 12.8 Å². The van der Waals surface area contributed by atoms with Crippen molar-refractivity contribution in [2.24, 2.45) is 5.41 Å². The summed E-state index contributed by atoms with van der Waals surface area (Å²) in [5, 5.41) is 39.0. The van der Waals surface area contributed by atoms with E-state index in [-0.39, 0.29) is 25.4 Å². The lowest BCUT2D eigenvalue weighted by atomic mass is 9.73. The van der Waals surface area contributed by atoms with E-state index in [1.165, 1.54) is 109 Å². The highest BCUT2D eigenvalue weighted by Gasteiger charge is 2.56. The lowest BCUT2D eigenvalue weighted by molar-refractivity contribution is -0.258. The molecule has 4 N–H and O–H groups in total. The molecule has 2 heterocycles. The summed E-state index contributed by atoms with van der Waals surface area (Å²) in [6.45, 7) is 2.38. The van der Waals surface area contributed by atoms with Crippen molar-refractivity contribution in [2.45, 2.75) is 281 Å². The van der Waals surface area contributed by atoms with Gasteiger partial charge in [0.15, 0.2) is 12.2 Å². The van der Waals surface area contributed by atoms with E-state index in [9.17, 15) is 24.6 Å². The number of unbranched alkanes of at least 4 members (excludes halogenated alkanes) is 30. The van der Waals surface area contributed by atoms with Crippen LogP contribution in [0, 0.1) is 5.41 Å². The monoisotopic (exact) mass is 923 g/mol. The second kappa shape index (κ2) is 38.9. The van der Waals surface area contributed by atoms with Crippen LogP contribution < -0.4 is 0 Å². The number of carboxylic acid groups (broad SMARTS) is 2. The lowest BCUT2D eigenvalue weighted by Gasteiger charge is -2.37. The first-order valence-electron chi connectivity index (χ1n) is 27.2. The summed E-state index contributed by atoms with van der Waals surface area (Å²) in [5.74, 6) is -3.08. The Balaban J connectivity index is 1.94. The number of carbonyl (C=O) groups excluding carboxylic acids is 1. The highest BCUT2D eigenvalue weighted by atomic mass is 16.8. The van der Waals surface area contributed by atoms with Crippen molar-refractivity contribution in [2.75, 3.05) is 26.4 Å². The smallest absolute Gasteiger partial charge is 0.312 e. The summed E-state index contributed by atoms with van der Waals surface area (Å²) in [6.07, 6.45) is 43.1. The molecule has 0 spiro atoms. The molecular formula is C54H98O11. The summed E-state index contributed by atoms with van der Waals surface area (Å²) in [7, 11) is 0. The fourth-order valence-corrected chi connectivity index (χ4v) is 9.88. The molecule has 0 aromatic heterocycles. The predicted molar refractivity (Wildman–Crippen MR) is 260 cm³/mol. The molecule has 2 saturated heterocycles. The van der Waals surface area contributed by atoms with Crippen LogP contribution in [0.2, 0.25) is 0 Å². The quantitative estimate of drug-likeness (QED) is 0.0260. The van der Waals surface area contributed by atoms with E-state index in [2.05, 4.69) is 19.1 Å². The highest BCUT2D eigenvalue weighted by molar-refractivity contribution is 5.77. The largest absolute Gasteiger partial charge is 0.481 e. The standard InChI is InChI=1S/C54H98O11/c1-2-3-4-5-6-25-30-35-40-53(42-37-32-27-22-18-14-10-12-16-20-24-29-34-39-49(59)60,52(61)65-50-47(56)45-62-51(50)54(46-55)63-43-44-64-54)41-36-31-26-21-17-13-9-7-8-11-15-19-23-28-33-38-48(57)58/h7-8,47,50-51,55-56H,2-6,9-46H2,1H3,(H,57,58)(H,59,60)/b8-7-/t47-,50+,51-,53?/m0/s1. The Morgan fingerprint density at radius 1 is 0.554 bits per heavy atom. The van der Waals surface area contributed by atoms with Crippen LogP contribution in [0.25, 0.3) is 0 Å². The van der Waals surface area contributed by atoms with Gasteiger partial charge in [0.1, 0.15) is 12.7 Å². The average molecular weight is 923 g/mol. The molecule has 65 heavy (non-hydrogen) atoms. The van der Waals surface area contributed by atoms with Gasteiger partial charge in [0.2, 0.25) is 5.79 Å². The average Bonchev–Trinajstić information content (AvgIpc) is 3.93. The maximum absolute atomic E-state index is 14.8. The first-order valence-corrected chi connectivity index (χ1v) is 27.2. The van der Waals surface area contributed by atoms with Gasteiger partial charge in [-0.05, 0) is 57.8 Å². The van der Waals surface area contributed by atoms with E-state index < -0.39 is 48.1 Å². The van der Waals surface area contributed by atoms with Crippen LogP contribution in [0.3, 0.4) is 0 Å². The molecule has 2 rings (SSSR count). The molecule has 0 saturated carbocycles. The van der Waals surface area contributed by atoms with Crippen molar-refractivity contribution in [1.29, 1.82) is 0 Å². The van der Waals surface area contributed by atoms with E-state index in [1.807, 2.05) is 0 Å². The molecule has 0 amide bonds. The number of aliphatic carboxylic acids is 2. The lowest BCUT2D eigenvalue weighted by Crippen LogP contribution is -2.55. The number of hydrogen-bond donors (Lipinski definition) is 4. The molecule has 0 radical (unpaired) electrons. The van der Waals surface area contributed by atoms with Crippen LogP contribution in [0.4, 0.5) is 0 Å². The van der Waals surface area contributed by atoms with E-state index in [0.717, 1.165) is 128 Å². The van der Waals surface area contributed by atoms with Crippen molar-refractivity contribution in [1.82, 2.24) is 0 Å². The van der Waals surface area contributed by atoms with Crippen molar-refractivity contribution >= 4 is 17.9 Å². The third kappa shape index (κ3) is 27.5. The number of allylic oxidation sites excluding steroid dienone is 2. The summed E-state index contributed by atoms with van der Waals surface area (Å²) in [6, 6.07) is 0. The van der Waals surface area contributed by atoms with Crippen LogP contribution >= 0.6 is 0 Å². The molecule has 0 bridgehead atoms. The van der Waals surface area contributed by atoms with Gasteiger partial charge in [-0.15, -0.1) is 0 Å². The number of carbonyl (C=O) groups is 3. The number of carboxylic acids is 2. The predicted octanol–water partition coefficient (Wildman–Crippen LogP) is 13.3. The zero-order valence-electron chi connectivity index (χ0n) is 41.4. The highest BCUT2D eigenvalue weighted by Crippen LogP contribution is 2.42. The number of ether oxygens (including phenoxy) is 4. The van der Waals surface area contributed by atoms with Gasteiger partial charge in [0.05, 0.1) is 25.2 Å². The van der Waals surface area contributed by atoms with Gasteiger partial charge in [-0.3, -0.25) is 14.4 Å². The zero-order valence-corrected chi connectivity index (χ0v) is 41.4. The molecule has 0 aromatic carbocycles. The van der Waals surface area contributed by atoms with Gasteiger partial charge in [-0.2, -0.15) is 0 Å². The van der Waals surface area contributed by atoms with Crippen molar-refractivity contribution in [3.63, 3.8) is 0 Å². The summed E-state index contributed by atoms with van der Waals surface area (Å²) >= 11 is 0. The summed E-state index contributed by atoms with van der Waals surface area (Å²) in [4.78, 5) is 36.1. The molecule has 2 aliphatic heterocycles. The number of esters is 1. The SMILES string of the molecule is CCCCCCCCCCC(CCCCCCCC/C=C\CCCCCCCC(=O)O)(CCCCCCCCCCCCCCCC(=O)O)C(=O)O[C@@H]1[C@@H](O)CO[C@@H]1C1(CO)OCCO1. The first kappa shape index (κ1) is 59.1. The van der Waals surface area contributed by atoms with Gasteiger partial charge in [-0.25, -0.2) is 0 Å². The Kier molecular flexibility index (Phi) is 35.3. The normalized spacial score (nSPS) is 19.3. The van der Waals surface area contributed by atoms with Gasteiger partial charge in [-0.1, -0.05) is 199 Å². The third-order valence-corrected chi connectivity index (χ3v) is 14.0. The molecular weight excluding hydrogens is 825 g/mol. The minimum absolute atomic E-state index is 0.00984. The van der Waals surface area contributed by atoms with Crippen LogP contribution in [0.1, 0.15) is 257 Å². The number of rotatable bonds is 46. The molecule has 11 nitrogen and oxygen atoms in total. The summed E-state index contributed by atoms with van der Waals surface area (Å²) in [5.41, 5.74) is -0.643. The number of hydrogen-bond acceptors (Lipinski definition) is 9. The zero-order chi connectivity index (χ0) is 47.1. The minimum atomic E-state index is -1.45. The fourth-order valence-electron chi connectivity index (χ4n) is 9.88. The van der Waals surface area contributed by atoms with Crippen LogP contribution in [-0.2, 0) is 33.3 Å². The van der Waals surface area contributed by atoms with E-state index in [0.29, 0.717) is 13.2 Å². The van der Waals surface area contributed by atoms with Gasteiger partial charge >= 0.3 is 17.9 Å². The Bertz CT molecular complexity index is 1200.